The lowest BCUT2D eigenvalue weighted by atomic mass is 10.1. The summed E-state index contributed by atoms with van der Waals surface area (Å²) in [4.78, 5) is 0. The van der Waals surface area contributed by atoms with E-state index >= 15 is 0 Å². The van der Waals surface area contributed by atoms with Gasteiger partial charge >= 0.3 is 0 Å². The van der Waals surface area contributed by atoms with Crippen LogP contribution in [-0.4, -0.2) is 7.11 Å². The molecule has 4 heteroatoms. The number of anilines is 1. The Morgan fingerprint density at radius 1 is 1.16 bits per heavy atom. The molecule has 0 saturated carbocycles. The van der Waals surface area contributed by atoms with Crippen LogP contribution in [0.4, 0.5) is 10.1 Å². The van der Waals surface area contributed by atoms with Gasteiger partial charge in [0, 0.05) is 19.3 Å². The van der Waals surface area contributed by atoms with Crippen molar-refractivity contribution in [1.29, 1.82) is 0 Å². The molecule has 0 spiro atoms. The Bertz CT molecular complexity index is 560. The summed E-state index contributed by atoms with van der Waals surface area (Å²) in [6.45, 7) is 1.22. The van der Waals surface area contributed by atoms with Crippen LogP contribution >= 0.6 is 15.9 Å². The molecule has 0 atom stereocenters. The first-order valence-electron chi connectivity index (χ1n) is 5.95. The minimum atomic E-state index is -0.268. The Labute approximate surface area is 120 Å². The average molecular weight is 324 g/mol. The third-order valence-electron chi connectivity index (χ3n) is 2.82. The summed E-state index contributed by atoms with van der Waals surface area (Å²) in [6, 6.07) is 13.0. The molecule has 1 N–H and O–H groups in total. The number of nitrogens with one attached hydrogen (secondary N) is 1. The molecule has 0 radical (unpaired) electrons. The lowest BCUT2D eigenvalue weighted by Crippen LogP contribution is -2.03. The van der Waals surface area contributed by atoms with Crippen molar-refractivity contribution >= 4 is 21.6 Å². The molecule has 0 unspecified atom stereocenters. The Morgan fingerprint density at radius 3 is 2.58 bits per heavy atom. The standard InChI is InChI=1S/C15H15BrFNO/c1-19-10-12-5-3-2-4-11(12)9-18-13-6-7-14(16)15(17)8-13/h2-8,18H,9-10H2,1H3. The third kappa shape index (κ3) is 3.78. The first-order valence-corrected chi connectivity index (χ1v) is 6.74. The van der Waals surface area contributed by atoms with Gasteiger partial charge in [0.1, 0.15) is 5.82 Å². The third-order valence-corrected chi connectivity index (χ3v) is 3.46. The molecule has 0 aliphatic heterocycles. The molecule has 0 aliphatic carbocycles. The van der Waals surface area contributed by atoms with E-state index in [1.165, 1.54) is 6.07 Å². The minimum Gasteiger partial charge on any atom is -0.381 e. The fourth-order valence-corrected chi connectivity index (χ4v) is 2.08. The van der Waals surface area contributed by atoms with Crippen molar-refractivity contribution < 1.29 is 9.13 Å². The van der Waals surface area contributed by atoms with Crippen molar-refractivity contribution in [1.82, 2.24) is 0 Å². The number of methoxy groups -OCH3 is 1. The van der Waals surface area contributed by atoms with Gasteiger partial charge in [-0.25, -0.2) is 4.39 Å². The second kappa shape index (κ2) is 6.68. The molecular formula is C15H15BrFNO. The van der Waals surface area contributed by atoms with Gasteiger partial charge in [-0.05, 0) is 45.3 Å². The zero-order chi connectivity index (χ0) is 13.7. The monoisotopic (exact) mass is 323 g/mol. The van der Waals surface area contributed by atoms with Gasteiger partial charge in [0.15, 0.2) is 0 Å². The zero-order valence-corrected chi connectivity index (χ0v) is 12.2. The highest BCUT2D eigenvalue weighted by atomic mass is 79.9. The molecule has 0 aromatic heterocycles. The summed E-state index contributed by atoms with van der Waals surface area (Å²) in [5, 5.41) is 3.21. The van der Waals surface area contributed by atoms with E-state index in [4.69, 9.17) is 4.74 Å². The fraction of sp³-hybridized carbons (Fsp3) is 0.200. The Morgan fingerprint density at radius 2 is 1.89 bits per heavy atom. The highest BCUT2D eigenvalue weighted by molar-refractivity contribution is 9.10. The van der Waals surface area contributed by atoms with Gasteiger partial charge in [0.2, 0.25) is 0 Å². The van der Waals surface area contributed by atoms with Crippen molar-refractivity contribution in [3.05, 3.63) is 63.9 Å². The average Bonchev–Trinajstić information content (AvgIpc) is 2.42. The van der Waals surface area contributed by atoms with E-state index in [1.54, 1.807) is 13.2 Å². The Balaban J connectivity index is 2.07. The number of hydrogen-bond donors (Lipinski definition) is 1. The largest absolute Gasteiger partial charge is 0.381 e. The number of rotatable bonds is 5. The summed E-state index contributed by atoms with van der Waals surface area (Å²) in [5.41, 5.74) is 3.04. The molecule has 0 amide bonds. The molecule has 19 heavy (non-hydrogen) atoms. The van der Waals surface area contributed by atoms with Crippen molar-refractivity contribution in [2.75, 3.05) is 12.4 Å². The number of halogens is 2. The number of benzene rings is 2. The lowest BCUT2D eigenvalue weighted by molar-refractivity contribution is 0.184. The van der Waals surface area contributed by atoms with Crippen LogP contribution in [0.1, 0.15) is 11.1 Å². The molecular weight excluding hydrogens is 309 g/mol. The van der Waals surface area contributed by atoms with E-state index in [9.17, 15) is 4.39 Å². The maximum atomic E-state index is 13.4. The predicted octanol–water partition coefficient (Wildman–Crippen LogP) is 4.35. The first kappa shape index (κ1) is 14.0. The Hall–Kier alpha value is -1.39. The zero-order valence-electron chi connectivity index (χ0n) is 10.6. The summed E-state index contributed by atoms with van der Waals surface area (Å²) in [5.74, 6) is -0.268. The number of hydrogen-bond acceptors (Lipinski definition) is 2. The molecule has 2 aromatic rings. The van der Waals surface area contributed by atoms with Crippen LogP contribution in [0.2, 0.25) is 0 Å². The van der Waals surface area contributed by atoms with Crippen molar-refractivity contribution in [3.63, 3.8) is 0 Å². The summed E-state index contributed by atoms with van der Waals surface area (Å²) in [6.07, 6.45) is 0. The SMILES string of the molecule is COCc1ccccc1CNc1ccc(Br)c(F)c1. The van der Waals surface area contributed by atoms with E-state index in [2.05, 4.69) is 21.2 Å². The van der Waals surface area contributed by atoms with Gasteiger partial charge < -0.3 is 10.1 Å². The molecule has 0 bridgehead atoms. The smallest absolute Gasteiger partial charge is 0.139 e. The van der Waals surface area contributed by atoms with Gasteiger partial charge in [-0.3, -0.25) is 0 Å². The van der Waals surface area contributed by atoms with Gasteiger partial charge in [0.25, 0.3) is 0 Å². The van der Waals surface area contributed by atoms with Gasteiger partial charge in [-0.15, -0.1) is 0 Å². The molecule has 0 fully saturated rings. The maximum absolute atomic E-state index is 13.4. The van der Waals surface area contributed by atoms with E-state index in [-0.39, 0.29) is 5.82 Å². The van der Waals surface area contributed by atoms with Crippen molar-refractivity contribution in [2.45, 2.75) is 13.2 Å². The van der Waals surface area contributed by atoms with Gasteiger partial charge in [0.05, 0.1) is 11.1 Å². The molecule has 2 nitrogen and oxygen atoms in total. The van der Waals surface area contributed by atoms with Crippen molar-refractivity contribution in [3.8, 4) is 0 Å². The van der Waals surface area contributed by atoms with E-state index in [1.807, 2.05) is 30.3 Å². The topological polar surface area (TPSA) is 21.3 Å². The second-order valence-electron chi connectivity index (χ2n) is 4.18. The molecule has 0 saturated heterocycles. The predicted molar refractivity (Wildman–Crippen MR) is 78.6 cm³/mol. The molecule has 0 heterocycles. The van der Waals surface area contributed by atoms with Crippen LogP contribution in [0.3, 0.4) is 0 Å². The van der Waals surface area contributed by atoms with Crippen LogP contribution in [0, 0.1) is 5.82 Å². The van der Waals surface area contributed by atoms with E-state index < -0.39 is 0 Å². The molecule has 2 aromatic carbocycles. The molecule has 2 rings (SSSR count). The van der Waals surface area contributed by atoms with Crippen LogP contribution in [0.15, 0.2) is 46.9 Å². The summed E-state index contributed by atoms with van der Waals surface area (Å²) >= 11 is 3.14. The van der Waals surface area contributed by atoms with Crippen LogP contribution < -0.4 is 5.32 Å². The van der Waals surface area contributed by atoms with E-state index in [0.29, 0.717) is 17.6 Å². The molecule has 0 aliphatic rings. The normalized spacial score (nSPS) is 10.5. The highest BCUT2D eigenvalue weighted by Crippen LogP contribution is 2.20. The summed E-state index contributed by atoms with van der Waals surface area (Å²) < 4.78 is 19.0. The molecule has 100 valence electrons. The van der Waals surface area contributed by atoms with Crippen molar-refractivity contribution in [2.24, 2.45) is 0 Å². The highest BCUT2D eigenvalue weighted by Gasteiger charge is 2.03. The van der Waals surface area contributed by atoms with Gasteiger partial charge in [-0.1, -0.05) is 24.3 Å². The number of ether oxygens (including phenoxy) is 1. The summed E-state index contributed by atoms with van der Waals surface area (Å²) in [7, 11) is 1.67. The first-order chi connectivity index (χ1) is 9.20. The van der Waals surface area contributed by atoms with Crippen LogP contribution in [-0.2, 0) is 17.9 Å². The van der Waals surface area contributed by atoms with Gasteiger partial charge in [-0.2, -0.15) is 0 Å². The van der Waals surface area contributed by atoms with Crippen LogP contribution in [0.5, 0.6) is 0 Å². The van der Waals surface area contributed by atoms with E-state index in [0.717, 1.165) is 16.8 Å². The Kier molecular flexibility index (Phi) is 4.93. The minimum absolute atomic E-state index is 0.268. The van der Waals surface area contributed by atoms with Crippen LogP contribution in [0.25, 0.3) is 0 Å². The lowest BCUT2D eigenvalue weighted by Gasteiger charge is -2.11. The fourth-order valence-electron chi connectivity index (χ4n) is 1.83. The quantitative estimate of drug-likeness (QED) is 0.883. The maximum Gasteiger partial charge on any atom is 0.139 e. The second-order valence-corrected chi connectivity index (χ2v) is 5.04.